The van der Waals surface area contributed by atoms with E-state index in [-0.39, 0.29) is 30.4 Å². The summed E-state index contributed by atoms with van der Waals surface area (Å²) in [6, 6.07) is 12.8. The lowest BCUT2D eigenvalue weighted by atomic mass is 9.99. The Kier molecular flexibility index (Phi) is 4.05. The maximum Gasteiger partial charge on any atom is 0.315 e. The van der Waals surface area contributed by atoms with E-state index in [9.17, 15) is 14.3 Å². The molecule has 1 saturated carbocycles. The van der Waals surface area contributed by atoms with E-state index in [1.165, 1.54) is 12.1 Å². The van der Waals surface area contributed by atoms with E-state index in [1.54, 1.807) is 24.3 Å². The number of hydrogen-bond donors (Lipinski definition) is 3. The van der Waals surface area contributed by atoms with Crippen LogP contribution in [-0.2, 0) is 0 Å². The summed E-state index contributed by atoms with van der Waals surface area (Å²) in [4.78, 5) is 12.2. The molecule has 0 bridgehead atoms. The van der Waals surface area contributed by atoms with Gasteiger partial charge in [-0.1, -0.05) is 30.3 Å². The Hall–Kier alpha value is -2.60. The molecule has 2 aromatic carbocycles. The number of amides is 2. The average Bonchev–Trinajstić information content (AvgIpc) is 3.37. The number of carbonyl (C=O) groups excluding carboxylic acids is 1. The molecule has 2 amide bonds. The Bertz CT molecular complexity index is 780. The van der Waals surface area contributed by atoms with Gasteiger partial charge in [-0.05, 0) is 30.2 Å². The molecule has 2 aliphatic rings. The topological polar surface area (TPSA) is 70.6 Å². The largest absolute Gasteiger partial charge is 0.491 e. The Labute approximate surface area is 144 Å². The van der Waals surface area contributed by atoms with Crippen molar-refractivity contribution in [3.63, 3.8) is 0 Å². The van der Waals surface area contributed by atoms with Gasteiger partial charge in [-0.2, -0.15) is 0 Å². The van der Waals surface area contributed by atoms with Crippen molar-refractivity contribution < 1.29 is 19.0 Å². The molecule has 4 atom stereocenters. The molecule has 0 spiro atoms. The van der Waals surface area contributed by atoms with Gasteiger partial charge in [0.2, 0.25) is 0 Å². The summed E-state index contributed by atoms with van der Waals surface area (Å²) in [5.74, 6) is 0.588. The van der Waals surface area contributed by atoms with Crippen molar-refractivity contribution >= 4 is 6.03 Å². The predicted molar refractivity (Wildman–Crippen MR) is 89.9 cm³/mol. The van der Waals surface area contributed by atoms with Crippen LogP contribution in [0.5, 0.6) is 5.75 Å². The lowest BCUT2D eigenvalue weighted by molar-refractivity contribution is 0.0774. The zero-order chi connectivity index (χ0) is 17.4. The number of carbonyl (C=O) groups is 1. The van der Waals surface area contributed by atoms with Crippen LogP contribution in [0.4, 0.5) is 9.18 Å². The van der Waals surface area contributed by atoms with Crippen LogP contribution in [0.15, 0.2) is 48.5 Å². The molecule has 130 valence electrons. The normalized spacial score (nSPS) is 27.0. The first-order chi connectivity index (χ1) is 12.1. The molecular formula is C19H19FN2O3. The Morgan fingerprint density at radius 1 is 1.08 bits per heavy atom. The molecule has 2 aromatic rings. The Morgan fingerprint density at radius 2 is 1.80 bits per heavy atom. The van der Waals surface area contributed by atoms with E-state index in [2.05, 4.69) is 10.6 Å². The molecule has 25 heavy (non-hydrogen) atoms. The third-order valence-corrected chi connectivity index (χ3v) is 4.76. The number of aliphatic hydroxyl groups is 1. The van der Waals surface area contributed by atoms with Crippen molar-refractivity contribution in [3.8, 4) is 5.75 Å². The third-order valence-electron chi connectivity index (χ3n) is 4.76. The number of benzene rings is 2. The van der Waals surface area contributed by atoms with Crippen LogP contribution in [0.2, 0.25) is 0 Å². The number of rotatable bonds is 3. The Balaban J connectivity index is 1.32. The molecule has 1 aliphatic heterocycles. The highest BCUT2D eigenvalue weighted by atomic mass is 19.1. The zero-order valence-electron chi connectivity index (χ0n) is 13.5. The van der Waals surface area contributed by atoms with Crippen molar-refractivity contribution in [1.29, 1.82) is 0 Å². The van der Waals surface area contributed by atoms with Crippen molar-refractivity contribution in [1.82, 2.24) is 10.6 Å². The first kappa shape index (κ1) is 15.9. The SMILES string of the molecule is O=C(N[C@H]1COc2ccccc2[C@@H]1O)N[C@@H]1C[C@H]1c1ccc(F)cc1. The van der Waals surface area contributed by atoms with Crippen molar-refractivity contribution in [3.05, 3.63) is 65.5 Å². The highest BCUT2D eigenvalue weighted by Gasteiger charge is 2.40. The fraction of sp³-hybridized carbons (Fsp3) is 0.316. The minimum absolute atomic E-state index is 0.0272. The van der Waals surface area contributed by atoms with Gasteiger partial charge in [0, 0.05) is 17.5 Å². The standard InChI is InChI=1S/C19H19FN2O3/c20-12-7-5-11(6-8-12)14-9-15(14)21-19(24)22-16-10-25-17-4-2-1-3-13(17)18(16)23/h1-8,14-16,18,23H,9-10H2,(H2,21,22,24)/t14-,15+,16-,18-/m0/s1. The van der Waals surface area contributed by atoms with E-state index in [1.807, 2.05) is 12.1 Å². The number of hydrogen-bond acceptors (Lipinski definition) is 3. The van der Waals surface area contributed by atoms with Crippen LogP contribution in [-0.4, -0.2) is 29.8 Å². The van der Waals surface area contributed by atoms with E-state index >= 15 is 0 Å². The van der Waals surface area contributed by atoms with Gasteiger partial charge in [-0.3, -0.25) is 0 Å². The monoisotopic (exact) mass is 342 g/mol. The highest BCUT2D eigenvalue weighted by Crippen LogP contribution is 2.40. The fourth-order valence-corrected chi connectivity index (χ4v) is 3.28. The van der Waals surface area contributed by atoms with Gasteiger partial charge in [-0.25, -0.2) is 9.18 Å². The van der Waals surface area contributed by atoms with Crippen LogP contribution in [0.25, 0.3) is 0 Å². The second kappa shape index (κ2) is 6.37. The zero-order valence-corrected chi connectivity index (χ0v) is 13.5. The summed E-state index contributed by atoms with van der Waals surface area (Å²) < 4.78 is 18.6. The second-order valence-corrected chi connectivity index (χ2v) is 6.52. The number of ether oxygens (including phenoxy) is 1. The van der Waals surface area contributed by atoms with E-state index in [0.717, 1.165) is 12.0 Å². The molecule has 4 rings (SSSR count). The molecule has 0 aromatic heterocycles. The van der Waals surface area contributed by atoms with Crippen LogP contribution in [0.3, 0.4) is 0 Å². The van der Waals surface area contributed by atoms with Crippen molar-refractivity contribution in [2.24, 2.45) is 0 Å². The van der Waals surface area contributed by atoms with Gasteiger partial charge >= 0.3 is 6.03 Å². The predicted octanol–water partition coefficient (Wildman–Crippen LogP) is 2.48. The number of urea groups is 1. The second-order valence-electron chi connectivity index (χ2n) is 6.52. The van der Waals surface area contributed by atoms with Gasteiger partial charge in [-0.15, -0.1) is 0 Å². The molecule has 0 radical (unpaired) electrons. The number of fused-ring (bicyclic) bond motifs is 1. The first-order valence-corrected chi connectivity index (χ1v) is 8.34. The summed E-state index contributed by atoms with van der Waals surface area (Å²) >= 11 is 0. The third kappa shape index (κ3) is 3.30. The summed E-state index contributed by atoms with van der Waals surface area (Å²) in [6.45, 7) is 0.220. The average molecular weight is 342 g/mol. The van der Waals surface area contributed by atoms with E-state index in [0.29, 0.717) is 11.3 Å². The molecule has 1 heterocycles. The van der Waals surface area contributed by atoms with Gasteiger partial charge in [0.15, 0.2) is 0 Å². The van der Waals surface area contributed by atoms with Crippen LogP contribution >= 0.6 is 0 Å². The maximum atomic E-state index is 13.0. The number of nitrogens with one attached hydrogen (secondary N) is 2. The highest BCUT2D eigenvalue weighted by molar-refractivity contribution is 5.75. The molecule has 1 fully saturated rings. The van der Waals surface area contributed by atoms with E-state index in [4.69, 9.17) is 4.74 Å². The summed E-state index contributed by atoms with van der Waals surface area (Å²) in [7, 11) is 0. The van der Waals surface area contributed by atoms with Gasteiger partial charge < -0.3 is 20.5 Å². The number of aliphatic hydroxyl groups excluding tert-OH is 1. The number of para-hydroxylation sites is 1. The lowest BCUT2D eigenvalue weighted by Crippen LogP contribution is -2.49. The summed E-state index contributed by atoms with van der Waals surface area (Å²) in [6.07, 6.45) is 0.0220. The maximum absolute atomic E-state index is 13.0. The minimum Gasteiger partial charge on any atom is -0.491 e. The quantitative estimate of drug-likeness (QED) is 0.802. The van der Waals surface area contributed by atoms with E-state index < -0.39 is 12.1 Å². The molecular weight excluding hydrogens is 323 g/mol. The van der Waals surface area contributed by atoms with Crippen LogP contribution in [0.1, 0.15) is 29.6 Å². The Morgan fingerprint density at radius 3 is 2.60 bits per heavy atom. The molecule has 0 saturated heterocycles. The minimum atomic E-state index is -0.803. The van der Waals surface area contributed by atoms with Crippen LogP contribution in [0, 0.1) is 5.82 Å². The smallest absolute Gasteiger partial charge is 0.315 e. The van der Waals surface area contributed by atoms with Gasteiger partial charge in [0.25, 0.3) is 0 Å². The number of halogens is 1. The van der Waals surface area contributed by atoms with Gasteiger partial charge in [0.1, 0.15) is 24.3 Å². The van der Waals surface area contributed by atoms with Gasteiger partial charge in [0.05, 0.1) is 6.04 Å². The van der Waals surface area contributed by atoms with Crippen molar-refractivity contribution in [2.75, 3.05) is 6.61 Å². The lowest BCUT2D eigenvalue weighted by Gasteiger charge is -2.30. The first-order valence-electron chi connectivity index (χ1n) is 8.34. The molecule has 3 N–H and O–H groups in total. The molecule has 1 aliphatic carbocycles. The molecule has 0 unspecified atom stereocenters. The fourth-order valence-electron chi connectivity index (χ4n) is 3.28. The summed E-state index contributed by atoms with van der Waals surface area (Å²) in [5.41, 5.74) is 1.69. The molecule has 6 heteroatoms. The van der Waals surface area contributed by atoms with Crippen molar-refractivity contribution in [2.45, 2.75) is 30.5 Å². The van der Waals surface area contributed by atoms with Crippen LogP contribution < -0.4 is 15.4 Å². The summed E-state index contributed by atoms with van der Waals surface area (Å²) in [5, 5.41) is 16.1. The molecule has 5 nitrogen and oxygen atoms in total.